The normalized spacial score (nSPS) is 19.2. The number of nitrogens with zero attached hydrogens (tertiary/aromatic N) is 2. The molecule has 0 atom stereocenters. The van der Waals surface area contributed by atoms with Gasteiger partial charge in [-0.25, -0.2) is 0 Å². The molecule has 2 N–H and O–H groups in total. The fraction of sp³-hybridized carbons (Fsp3) is 0.778. The second-order valence-electron chi connectivity index (χ2n) is 3.59. The standard InChI is InChI=1S/C9H15N3O/c10-6-8-11-9(12-13-8)7-4-2-1-3-5-7/h7H,1-6,10H2. The van der Waals surface area contributed by atoms with Crippen LogP contribution in [0, 0.1) is 0 Å². The van der Waals surface area contributed by atoms with Crippen LogP contribution in [0.5, 0.6) is 0 Å². The van der Waals surface area contributed by atoms with Gasteiger partial charge < -0.3 is 10.3 Å². The molecule has 1 aromatic heterocycles. The Labute approximate surface area is 77.5 Å². The van der Waals surface area contributed by atoms with Crippen molar-refractivity contribution in [2.24, 2.45) is 5.73 Å². The smallest absolute Gasteiger partial charge is 0.240 e. The van der Waals surface area contributed by atoms with Crippen LogP contribution in [0.2, 0.25) is 0 Å². The summed E-state index contributed by atoms with van der Waals surface area (Å²) in [5, 5.41) is 3.94. The van der Waals surface area contributed by atoms with Gasteiger partial charge in [0, 0.05) is 5.92 Å². The Balaban J connectivity index is 2.05. The van der Waals surface area contributed by atoms with E-state index in [0.717, 1.165) is 5.82 Å². The van der Waals surface area contributed by atoms with E-state index < -0.39 is 0 Å². The van der Waals surface area contributed by atoms with Crippen LogP contribution in [0.25, 0.3) is 0 Å². The molecule has 0 aliphatic heterocycles. The number of rotatable bonds is 2. The molecule has 0 spiro atoms. The molecule has 4 heteroatoms. The lowest BCUT2D eigenvalue weighted by atomic mass is 9.89. The molecule has 1 heterocycles. The molecule has 13 heavy (non-hydrogen) atoms. The van der Waals surface area contributed by atoms with E-state index in [1.165, 1.54) is 32.1 Å². The van der Waals surface area contributed by atoms with Crippen molar-refractivity contribution in [2.45, 2.75) is 44.6 Å². The van der Waals surface area contributed by atoms with E-state index in [-0.39, 0.29) is 0 Å². The highest BCUT2D eigenvalue weighted by Crippen LogP contribution is 2.30. The maximum atomic E-state index is 5.40. The lowest BCUT2D eigenvalue weighted by Crippen LogP contribution is -2.06. The topological polar surface area (TPSA) is 64.9 Å². The van der Waals surface area contributed by atoms with E-state index >= 15 is 0 Å². The summed E-state index contributed by atoms with van der Waals surface area (Å²) in [6, 6.07) is 0. The van der Waals surface area contributed by atoms with Gasteiger partial charge in [-0.05, 0) is 12.8 Å². The first kappa shape index (κ1) is 8.69. The fourth-order valence-corrected chi connectivity index (χ4v) is 1.88. The second kappa shape index (κ2) is 3.87. The molecule has 0 aromatic carbocycles. The zero-order valence-electron chi connectivity index (χ0n) is 7.70. The number of hydrogen-bond donors (Lipinski definition) is 1. The zero-order valence-corrected chi connectivity index (χ0v) is 7.70. The molecule has 0 bridgehead atoms. The van der Waals surface area contributed by atoms with Gasteiger partial charge in [0.2, 0.25) is 5.89 Å². The molecule has 2 rings (SSSR count). The highest BCUT2D eigenvalue weighted by Gasteiger charge is 2.20. The Hall–Kier alpha value is -0.900. The van der Waals surface area contributed by atoms with Crippen molar-refractivity contribution in [3.63, 3.8) is 0 Å². The van der Waals surface area contributed by atoms with E-state index in [9.17, 15) is 0 Å². The van der Waals surface area contributed by atoms with Crippen molar-refractivity contribution in [3.8, 4) is 0 Å². The monoisotopic (exact) mass is 181 g/mol. The van der Waals surface area contributed by atoms with Crippen LogP contribution >= 0.6 is 0 Å². The van der Waals surface area contributed by atoms with Gasteiger partial charge in [0.15, 0.2) is 5.82 Å². The first-order chi connectivity index (χ1) is 6.40. The van der Waals surface area contributed by atoms with Crippen LogP contribution in [-0.4, -0.2) is 10.1 Å². The maximum Gasteiger partial charge on any atom is 0.240 e. The average molecular weight is 181 g/mol. The zero-order chi connectivity index (χ0) is 9.10. The first-order valence-corrected chi connectivity index (χ1v) is 4.92. The van der Waals surface area contributed by atoms with E-state index in [0.29, 0.717) is 18.4 Å². The Bertz CT molecular complexity index is 266. The minimum atomic E-state index is 0.347. The average Bonchev–Trinajstić information content (AvgIpc) is 2.67. The molecule has 4 nitrogen and oxygen atoms in total. The molecular formula is C9H15N3O. The van der Waals surface area contributed by atoms with Gasteiger partial charge in [-0.2, -0.15) is 4.98 Å². The largest absolute Gasteiger partial charge is 0.338 e. The first-order valence-electron chi connectivity index (χ1n) is 4.92. The lowest BCUT2D eigenvalue weighted by molar-refractivity contribution is 0.359. The minimum Gasteiger partial charge on any atom is -0.338 e. The molecule has 1 aromatic rings. The molecule has 72 valence electrons. The number of aromatic nitrogens is 2. The molecule has 1 saturated carbocycles. The van der Waals surface area contributed by atoms with Crippen LogP contribution in [0.4, 0.5) is 0 Å². The molecule has 0 unspecified atom stereocenters. The summed E-state index contributed by atoms with van der Waals surface area (Å²) in [5.74, 6) is 1.93. The van der Waals surface area contributed by atoms with Gasteiger partial charge in [-0.1, -0.05) is 24.4 Å². The summed E-state index contributed by atoms with van der Waals surface area (Å²) in [7, 11) is 0. The van der Waals surface area contributed by atoms with Gasteiger partial charge in [0.25, 0.3) is 0 Å². The Kier molecular flexibility index (Phi) is 2.59. The highest BCUT2D eigenvalue weighted by molar-refractivity contribution is 4.96. The van der Waals surface area contributed by atoms with Gasteiger partial charge in [-0.15, -0.1) is 0 Å². The lowest BCUT2D eigenvalue weighted by Gasteiger charge is -2.17. The fourth-order valence-electron chi connectivity index (χ4n) is 1.88. The Morgan fingerprint density at radius 3 is 2.69 bits per heavy atom. The van der Waals surface area contributed by atoms with Crippen molar-refractivity contribution >= 4 is 0 Å². The van der Waals surface area contributed by atoms with Crippen LogP contribution in [0.3, 0.4) is 0 Å². The summed E-state index contributed by atoms with van der Waals surface area (Å²) in [6.45, 7) is 0.347. The van der Waals surface area contributed by atoms with Crippen molar-refractivity contribution in [2.75, 3.05) is 0 Å². The summed E-state index contributed by atoms with van der Waals surface area (Å²) >= 11 is 0. The summed E-state index contributed by atoms with van der Waals surface area (Å²) in [4.78, 5) is 4.25. The quantitative estimate of drug-likeness (QED) is 0.752. The second-order valence-corrected chi connectivity index (χ2v) is 3.59. The van der Waals surface area contributed by atoms with Crippen LogP contribution < -0.4 is 5.73 Å². The highest BCUT2D eigenvalue weighted by atomic mass is 16.5. The summed E-state index contributed by atoms with van der Waals surface area (Å²) in [5.41, 5.74) is 5.40. The molecule has 1 aliphatic rings. The third-order valence-electron chi connectivity index (χ3n) is 2.63. The Morgan fingerprint density at radius 1 is 1.31 bits per heavy atom. The van der Waals surface area contributed by atoms with Crippen molar-refractivity contribution < 1.29 is 4.52 Å². The summed E-state index contributed by atoms with van der Waals surface area (Å²) < 4.78 is 4.98. The predicted octanol–water partition coefficient (Wildman–Crippen LogP) is 1.58. The predicted molar refractivity (Wildman–Crippen MR) is 48.0 cm³/mol. The third-order valence-corrected chi connectivity index (χ3v) is 2.63. The van der Waals surface area contributed by atoms with Crippen molar-refractivity contribution in [1.29, 1.82) is 0 Å². The van der Waals surface area contributed by atoms with Gasteiger partial charge in [-0.3, -0.25) is 0 Å². The molecular weight excluding hydrogens is 166 g/mol. The number of hydrogen-bond acceptors (Lipinski definition) is 4. The van der Waals surface area contributed by atoms with E-state index in [1.807, 2.05) is 0 Å². The van der Waals surface area contributed by atoms with Gasteiger partial charge in [0.05, 0.1) is 6.54 Å². The van der Waals surface area contributed by atoms with Gasteiger partial charge in [0.1, 0.15) is 0 Å². The minimum absolute atomic E-state index is 0.347. The van der Waals surface area contributed by atoms with Crippen LogP contribution in [0.1, 0.15) is 49.7 Å². The van der Waals surface area contributed by atoms with Crippen molar-refractivity contribution in [1.82, 2.24) is 10.1 Å². The third kappa shape index (κ3) is 1.88. The van der Waals surface area contributed by atoms with E-state index in [4.69, 9.17) is 10.3 Å². The van der Waals surface area contributed by atoms with E-state index in [1.54, 1.807) is 0 Å². The number of nitrogens with two attached hydrogens (primary N) is 1. The molecule has 1 aliphatic carbocycles. The van der Waals surface area contributed by atoms with Crippen LogP contribution in [-0.2, 0) is 6.54 Å². The summed E-state index contributed by atoms with van der Waals surface area (Å²) in [6.07, 6.45) is 6.32. The molecule has 0 amide bonds. The molecule has 0 saturated heterocycles. The van der Waals surface area contributed by atoms with Gasteiger partial charge >= 0.3 is 0 Å². The SMILES string of the molecule is NCc1nc(C2CCCCC2)no1. The van der Waals surface area contributed by atoms with Crippen molar-refractivity contribution in [3.05, 3.63) is 11.7 Å². The molecule has 1 fully saturated rings. The van der Waals surface area contributed by atoms with E-state index in [2.05, 4.69) is 10.1 Å². The maximum absolute atomic E-state index is 5.40. The van der Waals surface area contributed by atoms with Crippen LogP contribution in [0.15, 0.2) is 4.52 Å². The Morgan fingerprint density at radius 2 is 2.08 bits per heavy atom. The molecule has 0 radical (unpaired) electrons.